The van der Waals surface area contributed by atoms with Crippen LogP contribution in [0.5, 0.6) is 0 Å². The molecule has 9 heteroatoms. The molecule has 2 rings (SSSR count). The number of carboxylic acid groups (broad SMARTS) is 1. The number of carboxylic acids is 1. The summed E-state index contributed by atoms with van der Waals surface area (Å²) >= 11 is 0.985. The van der Waals surface area contributed by atoms with Crippen molar-refractivity contribution in [3.05, 3.63) is 52.0 Å². The van der Waals surface area contributed by atoms with Gasteiger partial charge in [0.2, 0.25) is 5.91 Å². The summed E-state index contributed by atoms with van der Waals surface area (Å²) in [7, 11) is 0. The second-order valence-corrected chi connectivity index (χ2v) is 4.46. The van der Waals surface area contributed by atoms with Crippen LogP contribution in [0.3, 0.4) is 0 Å². The molecule has 21 heavy (non-hydrogen) atoms. The third kappa shape index (κ3) is 4.67. The summed E-state index contributed by atoms with van der Waals surface area (Å²) in [6.45, 7) is 0. The number of aromatic nitrogens is 1. The predicted octanol–water partition coefficient (Wildman–Crippen LogP) is 0.230. The van der Waals surface area contributed by atoms with Crippen molar-refractivity contribution in [1.29, 1.82) is 0 Å². The number of hydrogen-bond donors (Lipinski definition) is 4. The Kier molecular flexibility index (Phi) is 5.99. The van der Waals surface area contributed by atoms with Crippen molar-refractivity contribution >= 4 is 29.1 Å². The number of thiophene rings is 1. The standard InChI is InChI=1S/C6H6N2O3S.C6H6N2O/c7-8-5(9)3-1-2-12-4(3)6(10)11;7-6(9)5-1-3-8-4-2-5/h1-2H,7H2,(H,8,9)(H,10,11);1-4H,(H2,7,9). The normalized spacial score (nSPS) is 9.19. The number of primary amides is 1. The number of rotatable bonds is 3. The minimum Gasteiger partial charge on any atom is -0.477 e. The number of carbonyl (C=O) groups excluding carboxylic acids is 2. The predicted molar refractivity (Wildman–Crippen MR) is 75.7 cm³/mol. The molecule has 0 saturated heterocycles. The van der Waals surface area contributed by atoms with Gasteiger partial charge in [0, 0.05) is 18.0 Å². The van der Waals surface area contributed by atoms with Crippen molar-refractivity contribution in [2.24, 2.45) is 11.6 Å². The van der Waals surface area contributed by atoms with E-state index in [2.05, 4.69) is 4.98 Å². The van der Waals surface area contributed by atoms with Gasteiger partial charge in [0.1, 0.15) is 4.88 Å². The molecular weight excluding hydrogens is 296 g/mol. The number of nitrogens with zero attached hydrogens (tertiary/aromatic N) is 1. The Bertz CT molecular complexity index is 642. The fourth-order valence-corrected chi connectivity index (χ4v) is 1.98. The lowest BCUT2D eigenvalue weighted by Crippen LogP contribution is -2.30. The summed E-state index contributed by atoms with van der Waals surface area (Å²) in [5.41, 5.74) is 7.40. The highest BCUT2D eigenvalue weighted by Gasteiger charge is 2.16. The Morgan fingerprint density at radius 3 is 2.24 bits per heavy atom. The van der Waals surface area contributed by atoms with E-state index in [-0.39, 0.29) is 10.4 Å². The van der Waals surface area contributed by atoms with E-state index >= 15 is 0 Å². The summed E-state index contributed by atoms with van der Waals surface area (Å²) in [4.78, 5) is 35.5. The van der Waals surface area contributed by atoms with Crippen LogP contribution < -0.4 is 17.0 Å². The number of amides is 2. The SMILES string of the molecule is NC(=O)c1ccncc1.NNC(=O)c1ccsc1C(=O)O. The molecule has 0 aliphatic rings. The van der Waals surface area contributed by atoms with Crippen molar-refractivity contribution < 1.29 is 19.5 Å². The van der Waals surface area contributed by atoms with Crippen LogP contribution in [0.15, 0.2) is 36.0 Å². The minimum atomic E-state index is -1.12. The number of nitrogen functional groups attached to an aromatic ring is 1. The average molecular weight is 308 g/mol. The third-order valence-corrected chi connectivity index (χ3v) is 3.10. The fraction of sp³-hybridized carbons (Fsp3) is 0. The lowest BCUT2D eigenvalue weighted by Gasteiger charge is -1.96. The van der Waals surface area contributed by atoms with Crippen LogP contribution in [-0.2, 0) is 0 Å². The molecule has 2 aromatic heterocycles. The molecule has 0 radical (unpaired) electrons. The number of carbonyl (C=O) groups is 3. The van der Waals surface area contributed by atoms with E-state index in [0.717, 1.165) is 11.3 Å². The lowest BCUT2D eigenvalue weighted by atomic mass is 10.2. The van der Waals surface area contributed by atoms with Crippen molar-refractivity contribution in [3.63, 3.8) is 0 Å². The minimum absolute atomic E-state index is 0.00190. The highest BCUT2D eigenvalue weighted by atomic mass is 32.1. The van der Waals surface area contributed by atoms with E-state index in [4.69, 9.17) is 16.7 Å². The Morgan fingerprint density at radius 1 is 1.19 bits per heavy atom. The summed E-state index contributed by atoms with van der Waals surface area (Å²) in [5.74, 6) is 2.71. The molecule has 8 nitrogen and oxygen atoms in total. The molecular formula is C12H12N4O4S. The van der Waals surface area contributed by atoms with Gasteiger partial charge < -0.3 is 10.8 Å². The van der Waals surface area contributed by atoms with Crippen LogP contribution in [0.4, 0.5) is 0 Å². The summed E-state index contributed by atoms with van der Waals surface area (Å²) in [6.07, 6.45) is 3.06. The van der Waals surface area contributed by atoms with Crippen molar-refractivity contribution in [1.82, 2.24) is 10.4 Å². The number of nitrogens with two attached hydrogens (primary N) is 2. The summed E-state index contributed by atoms with van der Waals surface area (Å²) in [6, 6.07) is 4.56. The first-order chi connectivity index (χ1) is 9.97. The molecule has 0 atom stereocenters. The van der Waals surface area contributed by atoms with Gasteiger partial charge in [-0.15, -0.1) is 11.3 Å². The Hall–Kier alpha value is -2.78. The van der Waals surface area contributed by atoms with E-state index in [9.17, 15) is 14.4 Å². The van der Waals surface area contributed by atoms with Crippen LogP contribution >= 0.6 is 11.3 Å². The largest absolute Gasteiger partial charge is 0.477 e. The van der Waals surface area contributed by atoms with Crippen molar-refractivity contribution in [3.8, 4) is 0 Å². The zero-order valence-electron chi connectivity index (χ0n) is 10.6. The van der Waals surface area contributed by atoms with Gasteiger partial charge >= 0.3 is 5.97 Å². The van der Waals surface area contributed by atoms with Crippen molar-refractivity contribution in [2.45, 2.75) is 0 Å². The number of hydrogen-bond acceptors (Lipinski definition) is 6. The lowest BCUT2D eigenvalue weighted by molar-refractivity contribution is 0.0696. The second-order valence-electron chi connectivity index (χ2n) is 3.54. The fourth-order valence-electron chi connectivity index (χ4n) is 1.25. The molecule has 0 aliphatic heterocycles. The highest BCUT2D eigenvalue weighted by Crippen LogP contribution is 2.15. The van der Waals surface area contributed by atoms with Crippen LogP contribution in [0.1, 0.15) is 30.4 Å². The van der Waals surface area contributed by atoms with Gasteiger partial charge in [-0.25, -0.2) is 10.6 Å². The molecule has 0 aliphatic carbocycles. The van der Waals surface area contributed by atoms with Crippen LogP contribution in [0.2, 0.25) is 0 Å². The smallest absolute Gasteiger partial charge is 0.346 e. The van der Waals surface area contributed by atoms with Gasteiger partial charge in [-0.3, -0.25) is 20.0 Å². The Balaban J connectivity index is 0.000000219. The number of pyridine rings is 1. The van der Waals surface area contributed by atoms with Gasteiger partial charge in [-0.1, -0.05) is 0 Å². The maximum atomic E-state index is 10.9. The van der Waals surface area contributed by atoms with Gasteiger partial charge in [-0.2, -0.15) is 0 Å². The van der Waals surface area contributed by atoms with Gasteiger partial charge in [-0.05, 0) is 23.6 Å². The Labute approximate surface area is 123 Å². The number of hydrazine groups is 1. The third-order valence-electron chi connectivity index (χ3n) is 2.20. The Morgan fingerprint density at radius 2 is 1.81 bits per heavy atom. The molecule has 0 fully saturated rings. The zero-order chi connectivity index (χ0) is 15.8. The van der Waals surface area contributed by atoms with Crippen LogP contribution in [0, 0.1) is 0 Å². The van der Waals surface area contributed by atoms with Crippen LogP contribution in [0.25, 0.3) is 0 Å². The highest BCUT2D eigenvalue weighted by molar-refractivity contribution is 7.12. The van der Waals surface area contributed by atoms with E-state index in [0.29, 0.717) is 5.56 Å². The second kappa shape index (κ2) is 7.72. The summed E-state index contributed by atoms with van der Waals surface area (Å²) < 4.78 is 0. The van der Waals surface area contributed by atoms with Gasteiger partial charge in [0.05, 0.1) is 5.56 Å². The molecule has 110 valence electrons. The van der Waals surface area contributed by atoms with Gasteiger partial charge in [0.15, 0.2) is 0 Å². The average Bonchev–Trinajstić information content (AvgIpc) is 2.97. The quantitative estimate of drug-likeness (QED) is 0.362. The van der Waals surface area contributed by atoms with Gasteiger partial charge in [0.25, 0.3) is 5.91 Å². The van der Waals surface area contributed by atoms with Crippen LogP contribution in [-0.4, -0.2) is 27.9 Å². The monoisotopic (exact) mass is 308 g/mol. The van der Waals surface area contributed by atoms with Crippen molar-refractivity contribution in [2.75, 3.05) is 0 Å². The number of nitrogens with one attached hydrogen (secondary N) is 1. The summed E-state index contributed by atoms with van der Waals surface area (Å²) in [5, 5.41) is 10.1. The molecule has 0 aromatic carbocycles. The first-order valence-electron chi connectivity index (χ1n) is 5.49. The van der Waals surface area contributed by atoms with E-state index in [1.54, 1.807) is 12.1 Å². The zero-order valence-corrected chi connectivity index (χ0v) is 11.5. The first-order valence-corrected chi connectivity index (χ1v) is 6.37. The molecule has 6 N–H and O–H groups in total. The molecule has 0 saturated carbocycles. The van der Waals surface area contributed by atoms with E-state index in [1.165, 1.54) is 23.8 Å². The molecule has 0 spiro atoms. The topological polar surface area (TPSA) is 148 Å². The molecule has 2 aromatic rings. The maximum absolute atomic E-state index is 10.9. The molecule has 2 amide bonds. The number of aromatic carboxylic acids is 1. The molecule has 0 unspecified atom stereocenters. The maximum Gasteiger partial charge on any atom is 0.346 e. The van der Waals surface area contributed by atoms with E-state index < -0.39 is 17.8 Å². The van der Waals surface area contributed by atoms with E-state index in [1.807, 2.05) is 5.43 Å². The molecule has 0 bridgehead atoms. The molecule has 2 heterocycles. The first kappa shape index (κ1) is 16.3.